The molecule has 3 rings (SSSR count). The molecule has 1 aliphatic rings. The second-order valence-corrected chi connectivity index (χ2v) is 5.32. The summed E-state index contributed by atoms with van der Waals surface area (Å²) >= 11 is 1.85. The summed E-state index contributed by atoms with van der Waals surface area (Å²) in [6.45, 7) is 0.702. The fourth-order valence-electron chi connectivity index (χ4n) is 2.09. The van der Waals surface area contributed by atoms with Gasteiger partial charge in [0, 0.05) is 15.8 Å². The zero-order valence-electron chi connectivity index (χ0n) is 9.24. The van der Waals surface area contributed by atoms with Gasteiger partial charge in [0.25, 0.3) is 0 Å². The lowest BCUT2D eigenvalue weighted by Gasteiger charge is -2.02. The number of rotatable bonds is 3. The summed E-state index contributed by atoms with van der Waals surface area (Å²) < 4.78 is 12.8. The van der Waals surface area contributed by atoms with E-state index in [0.717, 1.165) is 0 Å². The van der Waals surface area contributed by atoms with Gasteiger partial charge in [-0.05, 0) is 30.9 Å². The minimum absolute atomic E-state index is 0.504. The SMILES string of the molecule is Fc1cc(NCc2cc3c(s2)CCC3)ncn1. The molecule has 88 valence electrons. The van der Waals surface area contributed by atoms with Gasteiger partial charge in [0.2, 0.25) is 5.95 Å². The quantitative estimate of drug-likeness (QED) is 0.850. The predicted molar refractivity (Wildman–Crippen MR) is 65.7 cm³/mol. The number of anilines is 1. The third-order valence-electron chi connectivity index (χ3n) is 2.88. The molecule has 0 atom stereocenters. The summed E-state index contributed by atoms with van der Waals surface area (Å²) in [5.41, 5.74) is 1.49. The third-order valence-corrected chi connectivity index (χ3v) is 4.11. The maximum absolute atomic E-state index is 12.8. The fraction of sp³-hybridized carbons (Fsp3) is 0.333. The van der Waals surface area contributed by atoms with Crippen molar-refractivity contribution in [2.45, 2.75) is 25.8 Å². The van der Waals surface area contributed by atoms with Crippen molar-refractivity contribution in [2.75, 3.05) is 5.32 Å². The molecule has 0 aromatic carbocycles. The summed E-state index contributed by atoms with van der Waals surface area (Å²) in [6, 6.07) is 3.55. The van der Waals surface area contributed by atoms with Crippen molar-refractivity contribution in [1.29, 1.82) is 0 Å². The Labute approximate surface area is 103 Å². The molecule has 1 aliphatic carbocycles. The van der Waals surface area contributed by atoms with E-state index in [2.05, 4.69) is 21.4 Å². The Bertz CT molecular complexity index is 517. The second-order valence-electron chi connectivity index (χ2n) is 4.09. The Hall–Kier alpha value is -1.49. The Morgan fingerprint density at radius 1 is 1.29 bits per heavy atom. The van der Waals surface area contributed by atoms with Crippen LogP contribution in [0.25, 0.3) is 0 Å². The van der Waals surface area contributed by atoms with Crippen LogP contribution in [0.5, 0.6) is 0 Å². The van der Waals surface area contributed by atoms with Gasteiger partial charge >= 0.3 is 0 Å². The average Bonchev–Trinajstić information content (AvgIpc) is 2.86. The van der Waals surface area contributed by atoms with Crippen LogP contribution in [-0.2, 0) is 19.4 Å². The minimum Gasteiger partial charge on any atom is -0.365 e. The van der Waals surface area contributed by atoms with Gasteiger partial charge < -0.3 is 5.32 Å². The van der Waals surface area contributed by atoms with E-state index >= 15 is 0 Å². The van der Waals surface area contributed by atoms with Crippen LogP contribution >= 0.6 is 11.3 Å². The van der Waals surface area contributed by atoms with E-state index in [0.29, 0.717) is 12.4 Å². The van der Waals surface area contributed by atoms with E-state index in [1.165, 1.54) is 47.0 Å². The second kappa shape index (κ2) is 4.41. The van der Waals surface area contributed by atoms with Crippen molar-refractivity contribution in [3.05, 3.63) is 39.7 Å². The normalized spacial score (nSPS) is 13.7. The van der Waals surface area contributed by atoms with Crippen LogP contribution < -0.4 is 5.32 Å². The number of nitrogens with zero attached hydrogens (tertiary/aromatic N) is 2. The first-order valence-electron chi connectivity index (χ1n) is 5.63. The molecule has 2 aromatic heterocycles. The Kier molecular flexibility index (Phi) is 2.76. The van der Waals surface area contributed by atoms with Crippen molar-refractivity contribution in [3.8, 4) is 0 Å². The first-order valence-corrected chi connectivity index (χ1v) is 6.45. The van der Waals surface area contributed by atoms with Gasteiger partial charge in [-0.3, -0.25) is 0 Å². The van der Waals surface area contributed by atoms with Crippen LogP contribution in [-0.4, -0.2) is 9.97 Å². The van der Waals surface area contributed by atoms with E-state index in [-0.39, 0.29) is 0 Å². The summed E-state index contributed by atoms with van der Waals surface area (Å²) in [5, 5.41) is 3.11. The molecule has 5 heteroatoms. The first-order chi connectivity index (χ1) is 8.31. The number of hydrogen-bond acceptors (Lipinski definition) is 4. The maximum atomic E-state index is 12.8. The summed E-state index contributed by atoms with van der Waals surface area (Å²) in [7, 11) is 0. The molecule has 0 unspecified atom stereocenters. The molecule has 2 aromatic rings. The predicted octanol–water partition coefficient (Wildman–Crippen LogP) is 2.78. The fourth-order valence-corrected chi connectivity index (χ4v) is 3.29. The van der Waals surface area contributed by atoms with Crippen LogP contribution in [0.2, 0.25) is 0 Å². The van der Waals surface area contributed by atoms with Crippen LogP contribution in [0, 0.1) is 5.95 Å². The van der Waals surface area contributed by atoms with Crippen LogP contribution in [0.15, 0.2) is 18.5 Å². The van der Waals surface area contributed by atoms with E-state index in [4.69, 9.17) is 0 Å². The minimum atomic E-state index is -0.504. The molecule has 1 N–H and O–H groups in total. The number of halogens is 1. The number of aromatic nitrogens is 2. The third kappa shape index (κ3) is 2.29. The first kappa shape index (κ1) is 10.7. The topological polar surface area (TPSA) is 37.8 Å². The van der Waals surface area contributed by atoms with Crippen molar-refractivity contribution >= 4 is 17.2 Å². The van der Waals surface area contributed by atoms with E-state index in [9.17, 15) is 4.39 Å². The molecule has 0 amide bonds. The van der Waals surface area contributed by atoms with Crippen molar-refractivity contribution in [2.24, 2.45) is 0 Å². The van der Waals surface area contributed by atoms with Crippen LogP contribution in [0.4, 0.5) is 10.2 Å². The zero-order chi connectivity index (χ0) is 11.7. The highest BCUT2D eigenvalue weighted by Gasteiger charge is 2.14. The highest BCUT2D eigenvalue weighted by Crippen LogP contribution is 2.30. The van der Waals surface area contributed by atoms with Gasteiger partial charge in [0.1, 0.15) is 12.1 Å². The van der Waals surface area contributed by atoms with Crippen molar-refractivity contribution in [3.63, 3.8) is 0 Å². The zero-order valence-corrected chi connectivity index (χ0v) is 10.1. The molecular formula is C12H12FN3S. The van der Waals surface area contributed by atoms with Gasteiger partial charge in [-0.25, -0.2) is 9.97 Å². The Balaban J connectivity index is 1.67. The molecule has 0 spiro atoms. The molecule has 0 bridgehead atoms. The molecule has 0 aliphatic heterocycles. The Morgan fingerprint density at radius 3 is 3.06 bits per heavy atom. The molecule has 2 heterocycles. The highest BCUT2D eigenvalue weighted by molar-refractivity contribution is 7.12. The van der Waals surface area contributed by atoms with Gasteiger partial charge in [-0.1, -0.05) is 0 Å². The maximum Gasteiger partial charge on any atom is 0.217 e. The standard InChI is InChI=1S/C12H12FN3S/c13-11-5-12(16-7-15-11)14-6-9-4-8-2-1-3-10(8)17-9/h4-5,7H,1-3,6H2,(H,14,15,16). The molecule has 3 nitrogen and oxygen atoms in total. The summed E-state index contributed by atoms with van der Waals surface area (Å²) in [6.07, 6.45) is 4.92. The van der Waals surface area contributed by atoms with E-state index in [1.807, 2.05) is 11.3 Å². The van der Waals surface area contributed by atoms with Crippen molar-refractivity contribution in [1.82, 2.24) is 9.97 Å². The number of hydrogen-bond donors (Lipinski definition) is 1. The van der Waals surface area contributed by atoms with Gasteiger partial charge in [-0.2, -0.15) is 4.39 Å². The lowest BCUT2D eigenvalue weighted by Crippen LogP contribution is -2.00. The van der Waals surface area contributed by atoms with Crippen molar-refractivity contribution < 1.29 is 4.39 Å². The molecule has 0 radical (unpaired) electrons. The molecule has 0 saturated carbocycles. The number of aryl methyl sites for hydroxylation is 2. The Morgan fingerprint density at radius 2 is 2.24 bits per heavy atom. The van der Waals surface area contributed by atoms with Gasteiger partial charge in [0.15, 0.2) is 0 Å². The summed E-state index contributed by atoms with van der Waals surface area (Å²) in [4.78, 5) is 10.2. The smallest absolute Gasteiger partial charge is 0.217 e. The lowest BCUT2D eigenvalue weighted by molar-refractivity contribution is 0.580. The van der Waals surface area contributed by atoms with Gasteiger partial charge in [-0.15, -0.1) is 11.3 Å². The summed E-state index contributed by atoms with van der Waals surface area (Å²) in [5.74, 6) is 0.0298. The highest BCUT2D eigenvalue weighted by atomic mass is 32.1. The lowest BCUT2D eigenvalue weighted by atomic mass is 10.2. The molecule has 0 saturated heterocycles. The van der Waals surface area contributed by atoms with Crippen LogP contribution in [0.3, 0.4) is 0 Å². The molecular weight excluding hydrogens is 237 g/mol. The largest absolute Gasteiger partial charge is 0.365 e. The van der Waals surface area contributed by atoms with Crippen LogP contribution in [0.1, 0.15) is 21.7 Å². The number of fused-ring (bicyclic) bond motifs is 1. The monoisotopic (exact) mass is 249 g/mol. The molecule has 17 heavy (non-hydrogen) atoms. The van der Waals surface area contributed by atoms with E-state index < -0.39 is 5.95 Å². The van der Waals surface area contributed by atoms with E-state index in [1.54, 1.807) is 0 Å². The number of nitrogens with one attached hydrogen (secondary N) is 1. The van der Waals surface area contributed by atoms with Gasteiger partial charge in [0.05, 0.1) is 6.54 Å². The number of thiophene rings is 1. The average molecular weight is 249 g/mol. The molecule has 0 fully saturated rings.